The predicted molar refractivity (Wildman–Crippen MR) is 106 cm³/mol. The van der Waals surface area contributed by atoms with Crippen LogP contribution < -0.4 is 21.7 Å². The van der Waals surface area contributed by atoms with Gasteiger partial charge in [-0.05, 0) is 24.6 Å². The molecule has 0 aliphatic carbocycles. The highest BCUT2D eigenvalue weighted by atomic mass is 19.4. The molecule has 3 atom stereocenters. The molecule has 31 heavy (non-hydrogen) atoms. The van der Waals surface area contributed by atoms with Crippen LogP contribution in [0.5, 0.6) is 0 Å². The number of hydrogen-bond acceptors (Lipinski definition) is 6. The van der Waals surface area contributed by atoms with Crippen LogP contribution in [-0.4, -0.2) is 66.2 Å². The predicted octanol–water partition coefficient (Wildman–Crippen LogP) is 1.03. The first-order valence-corrected chi connectivity index (χ1v) is 9.36. The molecular formula is C19H24F3N5O4. The van der Waals surface area contributed by atoms with E-state index >= 15 is 0 Å². The number of carboxylic acid groups (broad SMARTS) is 1. The number of rotatable bonds is 8. The van der Waals surface area contributed by atoms with E-state index < -0.39 is 47.6 Å². The minimum Gasteiger partial charge on any atom is -0.465 e. The van der Waals surface area contributed by atoms with Gasteiger partial charge in [-0.25, -0.2) is 4.79 Å². The van der Waals surface area contributed by atoms with Crippen molar-refractivity contribution in [1.29, 1.82) is 0 Å². The maximum Gasteiger partial charge on any atom is 0.416 e. The Labute approximate surface area is 176 Å². The first-order valence-electron chi connectivity index (χ1n) is 9.36. The molecule has 0 aromatic heterocycles. The molecule has 1 aromatic carbocycles. The number of benzene rings is 1. The largest absolute Gasteiger partial charge is 0.465 e. The van der Waals surface area contributed by atoms with Crippen molar-refractivity contribution in [2.75, 3.05) is 25.4 Å². The van der Waals surface area contributed by atoms with Gasteiger partial charge in [0.25, 0.3) is 5.91 Å². The monoisotopic (exact) mass is 443 g/mol. The maximum absolute atomic E-state index is 12.9. The zero-order valence-corrected chi connectivity index (χ0v) is 16.5. The van der Waals surface area contributed by atoms with Gasteiger partial charge in [0.2, 0.25) is 0 Å². The normalized spacial score (nSPS) is 20.5. The van der Waals surface area contributed by atoms with Crippen molar-refractivity contribution in [2.24, 2.45) is 0 Å². The molecule has 3 unspecified atom stereocenters. The summed E-state index contributed by atoms with van der Waals surface area (Å²) in [6, 6.07) is 1.21. The van der Waals surface area contributed by atoms with Crippen LogP contribution >= 0.6 is 0 Å². The number of nitrogens with zero attached hydrogens (tertiary/aromatic N) is 1. The number of nitrogens with one attached hydrogen (secondary N) is 3. The van der Waals surface area contributed by atoms with Crippen molar-refractivity contribution < 1.29 is 32.7 Å². The Hall–Kier alpha value is -3.12. The van der Waals surface area contributed by atoms with Crippen molar-refractivity contribution in [3.05, 3.63) is 42.0 Å². The molecule has 9 nitrogen and oxygen atoms in total. The summed E-state index contributed by atoms with van der Waals surface area (Å²) in [5.74, 6) is -0.977. The molecule has 0 spiro atoms. The average molecular weight is 443 g/mol. The van der Waals surface area contributed by atoms with Gasteiger partial charge < -0.3 is 21.5 Å². The van der Waals surface area contributed by atoms with Gasteiger partial charge in [0, 0.05) is 31.4 Å². The number of alkyl halides is 3. The van der Waals surface area contributed by atoms with Crippen LogP contribution in [0.15, 0.2) is 30.9 Å². The fraction of sp³-hybridized carbons (Fsp3) is 0.421. The molecule has 1 aliphatic heterocycles. The quantitative estimate of drug-likeness (QED) is 0.175. The zero-order valence-electron chi connectivity index (χ0n) is 16.5. The smallest absolute Gasteiger partial charge is 0.416 e. The number of amides is 2. The van der Waals surface area contributed by atoms with E-state index in [1.165, 1.54) is 0 Å². The van der Waals surface area contributed by atoms with Gasteiger partial charge in [-0.3, -0.25) is 19.8 Å². The van der Waals surface area contributed by atoms with Gasteiger partial charge >= 0.3 is 12.3 Å². The third kappa shape index (κ3) is 6.69. The Bertz CT molecular complexity index is 833. The zero-order chi connectivity index (χ0) is 23.2. The van der Waals surface area contributed by atoms with Gasteiger partial charge in [-0.2, -0.15) is 13.2 Å². The van der Waals surface area contributed by atoms with E-state index in [1.807, 2.05) is 4.90 Å². The molecule has 0 bridgehead atoms. The summed E-state index contributed by atoms with van der Waals surface area (Å²) >= 11 is 0. The Kier molecular flexibility index (Phi) is 8.00. The molecule has 2 rings (SSSR count). The molecule has 1 aliphatic rings. The summed E-state index contributed by atoms with van der Waals surface area (Å²) < 4.78 is 38.8. The van der Waals surface area contributed by atoms with Crippen LogP contribution in [0, 0.1) is 0 Å². The van der Waals surface area contributed by atoms with Gasteiger partial charge in [0.05, 0.1) is 17.2 Å². The Morgan fingerprint density at radius 1 is 1.35 bits per heavy atom. The van der Waals surface area contributed by atoms with E-state index in [4.69, 9.17) is 10.8 Å². The number of likely N-dealkylation sites (tertiary alicyclic amines) is 1. The summed E-state index contributed by atoms with van der Waals surface area (Å²) in [5.41, 5.74) is 3.97. The van der Waals surface area contributed by atoms with Crippen molar-refractivity contribution in [3.63, 3.8) is 0 Å². The summed E-state index contributed by atoms with van der Waals surface area (Å²) in [5, 5.41) is 16.6. The van der Waals surface area contributed by atoms with Crippen LogP contribution in [0.4, 0.5) is 23.7 Å². The number of carbonyl (C=O) groups is 3. The number of anilines is 1. The summed E-state index contributed by atoms with van der Waals surface area (Å²) in [7, 11) is 0. The minimum atomic E-state index is -4.67. The van der Waals surface area contributed by atoms with Gasteiger partial charge in [0.1, 0.15) is 6.17 Å². The van der Waals surface area contributed by atoms with Crippen LogP contribution in [0.25, 0.3) is 0 Å². The number of aldehydes is 1. The third-order valence-corrected chi connectivity index (χ3v) is 4.83. The van der Waals surface area contributed by atoms with Gasteiger partial charge in [-0.1, -0.05) is 6.08 Å². The molecule has 6 N–H and O–H groups in total. The number of carbonyl (C=O) groups excluding carboxylic acids is 2. The molecule has 1 saturated heterocycles. The number of halogens is 3. The lowest BCUT2D eigenvalue weighted by Crippen LogP contribution is -2.63. The first kappa shape index (κ1) is 24.2. The Balaban J connectivity index is 2.15. The molecule has 170 valence electrons. The second-order valence-corrected chi connectivity index (χ2v) is 7.05. The van der Waals surface area contributed by atoms with E-state index in [9.17, 15) is 27.6 Å². The standard InChI is InChI=1S/C19H24F3N5O4/c1-2-6-27-7-5-14(25-18(30)31)15(9-27)24-16(10-28)26-17(29)12-8-11(19(20,21)22)3-4-13(12)23/h2-4,8,10,14-16,24-25H,1,5-7,9,23H2,(H,26,29)(H,30,31). The van der Waals surface area contributed by atoms with E-state index in [0.717, 1.165) is 12.1 Å². The summed E-state index contributed by atoms with van der Waals surface area (Å²) in [4.78, 5) is 37.1. The maximum atomic E-state index is 12.9. The SMILES string of the molecule is C=CCN1CCC(NC(=O)O)C(NC(C=O)NC(=O)c2cc(C(F)(F)F)ccc2N)C1. The Morgan fingerprint density at radius 2 is 2.06 bits per heavy atom. The van der Waals surface area contributed by atoms with E-state index in [0.29, 0.717) is 38.4 Å². The van der Waals surface area contributed by atoms with Crippen LogP contribution in [-0.2, 0) is 11.0 Å². The van der Waals surface area contributed by atoms with E-state index in [2.05, 4.69) is 22.5 Å². The summed E-state index contributed by atoms with van der Waals surface area (Å²) in [6.45, 7) is 5.13. The van der Waals surface area contributed by atoms with E-state index in [1.54, 1.807) is 6.08 Å². The number of nitrogens with two attached hydrogens (primary N) is 1. The molecule has 0 saturated carbocycles. The van der Waals surface area contributed by atoms with E-state index in [-0.39, 0.29) is 5.69 Å². The molecule has 2 amide bonds. The number of piperidine rings is 1. The molecule has 1 heterocycles. The lowest BCUT2D eigenvalue weighted by molar-refractivity contribution is -0.137. The third-order valence-electron chi connectivity index (χ3n) is 4.83. The molecule has 12 heteroatoms. The van der Waals surface area contributed by atoms with Gasteiger partial charge in [0.15, 0.2) is 6.29 Å². The highest BCUT2D eigenvalue weighted by Crippen LogP contribution is 2.31. The topological polar surface area (TPSA) is 137 Å². The molecular weight excluding hydrogens is 419 g/mol. The minimum absolute atomic E-state index is 0.185. The highest BCUT2D eigenvalue weighted by Gasteiger charge is 2.33. The second-order valence-electron chi connectivity index (χ2n) is 7.05. The van der Waals surface area contributed by atoms with Crippen molar-refractivity contribution in [2.45, 2.75) is 30.8 Å². The molecule has 0 radical (unpaired) electrons. The Morgan fingerprint density at radius 3 is 2.65 bits per heavy atom. The van der Waals surface area contributed by atoms with Gasteiger partial charge in [-0.15, -0.1) is 6.58 Å². The second kappa shape index (κ2) is 10.3. The van der Waals surface area contributed by atoms with Crippen molar-refractivity contribution in [1.82, 2.24) is 20.9 Å². The average Bonchev–Trinajstić information content (AvgIpc) is 2.68. The summed E-state index contributed by atoms with van der Waals surface area (Å²) in [6.07, 6.45) is -4.70. The van der Waals surface area contributed by atoms with Crippen LogP contribution in [0.1, 0.15) is 22.3 Å². The highest BCUT2D eigenvalue weighted by molar-refractivity contribution is 6.00. The van der Waals surface area contributed by atoms with Crippen molar-refractivity contribution >= 4 is 24.0 Å². The fourth-order valence-electron chi connectivity index (χ4n) is 3.36. The van der Waals surface area contributed by atoms with Crippen LogP contribution in [0.3, 0.4) is 0 Å². The number of nitrogen functional groups attached to an aromatic ring is 1. The van der Waals surface area contributed by atoms with Crippen molar-refractivity contribution in [3.8, 4) is 0 Å². The number of hydrogen-bond donors (Lipinski definition) is 5. The lowest BCUT2D eigenvalue weighted by Gasteiger charge is -2.39. The first-order chi connectivity index (χ1) is 14.5. The lowest BCUT2D eigenvalue weighted by atomic mass is 9.99. The molecule has 1 aromatic rings. The fourth-order valence-corrected chi connectivity index (χ4v) is 3.36. The molecule has 1 fully saturated rings. The van der Waals surface area contributed by atoms with Crippen LogP contribution in [0.2, 0.25) is 0 Å².